The lowest BCUT2D eigenvalue weighted by molar-refractivity contribution is 0.0891. The van der Waals surface area contributed by atoms with E-state index in [0.717, 1.165) is 18.3 Å². The van der Waals surface area contributed by atoms with E-state index in [1.165, 1.54) is 74.6 Å². The summed E-state index contributed by atoms with van der Waals surface area (Å²) in [7, 11) is 0. The first kappa shape index (κ1) is 31.1. The third kappa shape index (κ3) is 5.40. The lowest BCUT2D eigenvalue weighted by atomic mass is 9.66. The maximum atomic E-state index is 2.98. The van der Waals surface area contributed by atoms with Crippen molar-refractivity contribution < 1.29 is 0 Å². The monoisotopic (exact) mass is 658 g/mol. The topological polar surface area (TPSA) is 6.48 Å². The SMILES string of the molecule is C1=CC2C3CC(C4CCC5C6C=CC=CC6N(C6C=CC(c7ccccc7)=CC6)C5C4)C=CC3N(C3=CCC(C4=CCCCC4)C=C3)C2C=C1. The Balaban J connectivity index is 0.876. The Bertz CT molecular complexity index is 1760. The predicted octanol–water partition coefficient (Wildman–Crippen LogP) is 10.6. The van der Waals surface area contributed by atoms with Gasteiger partial charge in [-0.25, -0.2) is 0 Å². The molecule has 1 saturated carbocycles. The summed E-state index contributed by atoms with van der Waals surface area (Å²) in [4.78, 5) is 5.79. The fourth-order valence-electron chi connectivity index (χ4n) is 12.1. The first-order valence-electron chi connectivity index (χ1n) is 20.3. The highest BCUT2D eigenvalue weighted by atomic mass is 15.3. The van der Waals surface area contributed by atoms with Gasteiger partial charge in [-0.1, -0.05) is 133 Å². The van der Waals surface area contributed by atoms with Gasteiger partial charge in [0.05, 0.1) is 12.1 Å². The summed E-state index contributed by atoms with van der Waals surface area (Å²) < 4.78 is 0. The van der Waals surface area contributed by atoms with Crippen LogP contribution >= 0.6 is 0 Å². The van der Waals surface area contributed by atoms with E-state index in [9.17, 15) is 0 Å². The molecule has 50 heavy (non-hydrogen) atoms. The minimum Gasteiger partial charge on any atom is -0.358 e. The summed E-state index contributed by atoms with van der Waals surface area (Å²) in [6, 6.07) is 13.6. The highest BCUT2D eigenvalue weighted by molar-refractivity contribution is 5.75. The Kier molecular flexibility index (Phi) is 8.20. The number of likely N-dealkylation sites (tertiary alicyclic amines) is 2. The van der Waals surface area contributed by atoms with Gasteiger partial charge in [0.25, 0.3) is 0 Å². The highest BCUT2D eigenvalue weighted by Crippen LogP contribution is 2.54. The van der Waals surface area contributed by atoms with Gasteiger partial charge in [0, 0.05) is 41.6 Å². The average molecular weight is 659 g/mol. The van der Waals surface area contributed by atoms with Crippen molar-refractivity contribution in [3.05, 3.63) is 150 Å². The molecule has 1 aromatic carbocycles. The van der Waals surface area contributed by atoms with Crippen LogP contribution in [0.25, 0.3) is 5.57 Å². The number of nitrogens with zero attached hydrogens (tertiary/aromatic N) is 2. The molecular formula is C48H54N2. The van der Waals surface area contributed by atoms with Crippen molar-refractivity contribution in [3.8, 4) is 0 Å². The molecular weight excluding hydrogens is 605 g/mol. The predicted molar refractivity (Wildman–Crippen MR) is 208 cm³/mol. The smallest absolute Gasteiger partial charge is 0.0548 e. The van der Waals surface area contributed by atoms with E-state index in [-0.39, 0.29) is 0 Å². The molecule has 0 amide bonds. The first-order valence-corrected chi connectivity index (χ1v) is 20.3. The van der Waals surface area contributed by atoms with Gasteiger partial charge in [-0.05, 0) is 105 Å². The molecule has 0 N–H and O–H groups in total. The average Bonchev–Trinajstić information content (AvgIpc) is 3.71. The van der Waals surface area contributed by atoms with Crippen molar-refractivity contribution in [2.24, 2.45) is 41.4 Å². The zero-order chi connectivity index (χ0) is 33.0. The van der Waals surface area contributed by atoms with Gasteiger partial charge in [0.15, 0.2) is 0 Å². The lowest BCUT2D eigenvalue weighted by Gasteiger charge is -2.44. The van der Waals surface area contributed by atoms with Crippen LogP contribution in [0.4, 0.5) is 0 Å². The molecule has 10 rings (SSSR count). The highest BCUT2D eigenvalue weighted by Gasteiger charge is 2.54. The van der Waals surface area contributed by atoms with Crippen molar-refractivity contribution in [1.82, 2.24) is 9.80 Å². The Morgan fingerprint density at radius 2 is 1.46 bits per heavy atom. The van der Waals surface area contributed by atoms with Crippen LogP contribution in [0.3, 0.4) is 0 Å². The maximum absolute atomic E-state index is 2.98. The van der Waals surface area contributed by atoms with Crippen LogP contribution in [-0.2, 0) is 0 Å². The summed E-state index contributed by atoms with van der Waals surface area (Å²) in [5.74, 6) is 4.84. The van der Waals surface area contributed by atoms with Crippen LogP contribution in [-0.4, -0.2) is 40.0 Å². The Labute approximate surface area is 300 Å². The fraction of sp³-hybridized carbons (Fsp3) is 0.458. The number of rotatable bonds is 5. The molecule has 0 bridgehead atoms. The van der Waals surface area contributed by atoms with Gasteiger partial charge in [-0.3, -0.25) is 4.90 Å². The zero-order valence-electron chi connectivity index (χ0n) is 29.6. The molecule has 0 spiro atoms. The van der Waals surface area contributed by atoms with Crippen molar-refractivity contribution in [3.63, 3.8) is 0 Å². The van der Waals surface area contributed by atoms with Crippen molar-refractivity contribution >= 4 is 5.57 Å². The molecule has 0 aromatic heterocycles. The fourth-order valence-corrected chi connectivity index (χ4v) is 12.1. The van der Waals surface area contributed by atoms with E-state index >= 15 is 0 Å². The second-order valence-electron chi connectivity index (χ2n) is 16.8. The third-order valence-electron chi connectivity index (χ3n) is 14.5. The second-order valence-corrected chi connectivity index (χ2v) is 16.8. The molecule has 2 heterocycles. The van der Waals surface area contributed by atoms with Gasteiger partial charge >= 0.3 is 0 Å². The number of fused-ring (bicyclic) bond motifs is 6. The van der Waals surface area contributed by atoms with E-state index in [0.29, 0.717) is 59.8 Å². The van der Waals surface area contributed by atoms with Crippen LogP contribution in [0, 0.1) is 41.4 Å². The molecule has 12 atom stereocenters. The molecule has 2 nitrogen and oxygen atoms in total. The lowest BCUT2D eigenvalue weighted by Crippen LogP contribution is -2.47. The molecule has 1 aromatic rings. The summed E-state index contributed by atoms with van der Waals surface area (Å²) >= 11 is 0. The van der Waals surface area contributed by atoms with Crippen molar-refractivity contribution in [1.29, 1.82) is 0 Å². The van der Waals surface area contributed by atoms with Gasteiger partial charge < -0.3 is 4.90 Å². The normalized spacial score (nSPS) is 41.3. The quantitative estimate of drug-likeness (QED) is 0.291. The van der Waals surface area contributed by atoms with Gasteiger partial charge in [-0.15, -0.1) is 0 Å². The minimum absolute atomic E-state index is 0.481. The van der Waals surface area contributed by atoms with Crippen molar-refractivity contribution in [2.45, 2.75) is 94.4 Å². The molecule has 3 fully saturated rings. The van der Waals surface area contributed by atoms with Gasteiger partial charge in [0.2, 0.25) is 0 Å². The molecule has 7 aliphatic carbocycles. The second kappa shape index (κ2) is 13.2. The molecule has 12 unspecified atom stereocenters. The van der Waals surface area contributed by atoms with Gasteiger partial charge in [-0.2, -0.15) is 0 Å². The molecule has 2 heteroatoms. The van der Waals surface area contributed by atoms with Crippen LogP contribution in [0.5, 0.6) is 0 Å². The molecule has 0 radical (unpaired) electrons. The Hall–Kier alpha value is -3.62. The number of hydrogen-bond donors (Lipinski definition) is 0. The number of benzene rings is 1. The largest absolute Gasteiger partial charge is 0.358 e. The van der Waals surface area contributed by atoms with Crippen LogP contribution < -0.4 is 0 Å². The minimum atomic E-state index is 0.481. The van der Waals surface area contributed by atoms with Crippen LogP contribution in [0.1, 0.15) is 69.8 Å². The molecule has 9 aliphatic rings. The van der Waals surface area contributed by atoms with Crippen LogP contribution in [0.15, 0.2) is 145 Å². The zero-order valence-corrected chi connectivity index (χ0v) is 29.6. The Morgan fingerprint density at radius 1 is 0.620 bits per heavy atom. The van der Waals surface area contributed by atoms with E-state index < -0.39 is 0 Å². The number of hydrogen-bond acceptors (Lipinski definition) is 2. The standard InChI is InChI=1S/C48H54N2/c1-3-11-33(12-4-1)35-19-25-39(26-20-35)49-46-18-10-8-16-42(46)44-31-37(24-30-47(44)49)38-23-29-43-41-15-7-9-17-45(41)50(48(43)32-38)40-27-21-36(22-28-40)34-13-5-2-6-14-34/h2,5-11,13-19,21-22,24-27,30,35,37-38,40-48H,1,3-4,12,20,23,28-29,31-32H2. The van der Waals surface area contributed by atoms with Crippen LogP contribution in [0.2, 0.25) is 0 Å². The molecule has 256 valence electrons. The van der Waals surface area contributed by atoms with E-state index in [1.807, 2.05) is 0 Å². The number of allylic oxidation sites excluding steroid dienone is 12. The third-order valence-corrected chi connectivity index (χ3v) is 14.5. The summed E-state index contributed by atoms with van der Waals surface area (Å²) in [6.07, 6.45) is 55.5. The van der Waals surface area contributed by atoms with E-state index in [1.54, 1.807) is 5.57 Å². The summed E-state index contributed by atoms with van der Waals surface area (Å²) in [5.41, 5.74) is 5.89. The molecule has 2 saturated heterocycles. The molecule has 2 aliphatic heterocycles. The summed E-state index contributed by atoms with van der Waals surface area (Å²) in [5, 5.41) is 0. The van der Waals surface area contributed by atoms with E-state index in [4.69, 9.17) is 0 Å². The Morgan fingerprint density at radius 3 is 2.24 bits per heavy atom. The maximum Gasteiger partial charge on any atom is 0.0548 e. The summed E-state index contributed by atoms with van der Waals surface area (Å²) in [6.45, 7) is 0. The van der Waals surface area contributed by atoms with E-state index in [2.05, 4.69) is 143 Å². The first-order chi connectivity index (χ1) is 24.8. The van der Waals surface area contributed by atoms with Gasteiger partial charge in [0.1, 0.15) is 0 Å². The van der Waals surface area contributed by atoms with Crippen molar-refractivity contribution in [2.75, 3.05) is 0 Å².